The minimum atomic E-state index is -0.262. The van der Waals surface area contributed by atoms with Gasteiger partial charge in [0.2, 0.25) is 5.91 Å². The Hall–Kier alpha value is -1.46. The molecule has 2 heterocycles. The second kappa shape index (κ2) is 6.12. The molecule has 2 aliphatic rings. The fourth-order valence-electron chi connectivity index (χ4n) is 3.09. The van der Waals surface area contributed by atoms with Crippen molar-refractivity contribution in [3.8, 4) is 0 Å². The first kappa shape index (κ1) is 14.5. The molecule has 21 heavy (non-hydrogen) atoms. The van der Waals surface area contributed by atoms with Crippen molar-refractivity contribution in [3.63, 3.8) is 0 Å². The summed E-state index contributed by atoms with van der Waals surface area (Å²) in [5, 5.41) is 3.28. The molecule has 0 aromatic heterocycles. The molecular weight excluding hydrogens is 271 g/mol. The van der Waals surface area contributed by atoms with E-state index in [-0.39, 0.29) is 30.0 Å². The molecule has 3 unspecified atom stereocenters. The summed E-state index contributed by atoms with van der Waals surface area (Å²) in [4.78, 5) is 14.2. The van der Waals surface area contributed by atoms with Crippen LogP contribution in [-0.4, -0.2) is 36.1 Å². The van der Waals surface area contributed by atoms with E-state index in [0.29, 0.717) is 6.54 Å². The topological polar surface area (TPSA) is 41.6 Å². The van der Waals surface area contributed by atoms with Crippen LogP contribution in [0.25, 0.3) is 0 Å². The number of hydrogen-bond donors (Lipinski definition) is 1. The van der Waals surface area contributed by atoms with Crippen molar-refractivity contribution in [2.45, 2.75) is 44.5 Å². The highest BCUT2D eigenvalue weighted by Gasteiger charge is 2.37. The van der Waals surface area contributed by atoms with E-state index in [9.17, 15) is 9.18 Å². The summed E-state index contributed by atoms with van der Waals surface area (Å²) < 4.78 is 18.7. The fraction of sp³-hybridized carbons (Fsp3) is 0.562. The number of nitrogens with zero attached hydrogens (tertiary/aromatic N) is 1. The summed E-state index contributed by atoms with van der Waals surface area (Å²) in [6, 6.07) is 6.13. The third-order valence-corrected chi connectivity index (χ3v) is 4.27. The number of halogens is 1. The zero-order valence-corrected chi connectivity index (χ0v) is 12.2. The molecule has 1 aromatic carbocycles. The number of nitrogens with one attached hydrogen (secondary N) is 1. The summed E-state index contributed by atoms with van der Waals surface area (Å²) in [5.74, 6) is -0.163. The lowest BCUT2D eigenvalue weighted by Gasteiger charge is -2.25. The minimum Gasteiger partial charge on any atom is -0.378 e. The van der Waals surface area contributed by atoms with Crippen molar-refractivity contribution in [1.82, 2.24) is 10.2 Å². The average Bonchev–Trinajstić information content (AvgIpc) is 3.08. The molecule has 1 aromatic rings. The first-order chi connectivity index (χ1) is 10.1. The molecule has 2 fully saturated rings. The molecule has 0 aliphatic carbocycles. The van der Waals surface area contributed by atoms with Crippen molar-refractivity contribution in [1.29, 1.82) is 0 Å². The maximum atomic E-state index is 13.1. The Morgan fingerprint density at radius 3 is 2.81 bits per heavy atom. The third kappa shape index (κ3) is 3.09. The summed E-state index contributed by atoms with van der Waals surface area (Å²) >= 11 is 0. The van der Waals surface area contributed by atoms with E-state index in [1.807, 2.05) is 11.8 Å². The first-order valence-electron chi connectivity index (χ1n) is 7.59. The van der Waals surface area contributed by atoms with Gasteiger partial charge in [-0.1, -0.05) is 12.1 Å². The zero-order valence-electron chi connectivity index (χ0n) is 12.2. The molecule has 1 amide bonds. The molecule has 1 N–H and O–H groups in total. The lowest BCUT2D eigenvalue weighted by molar-refractivity contribution is -0.130. The Bertz CT molecular complexity index is 500. The maximum Gasteiger partial charge on any atom is 0.241 e. The van der Waals surface area contributed by atoms with Gasteiger partial charge in [0.1, 0.15) is 12.0 Å². The van der Waals surface area contributed by atoms with E-state index in [1.54, 1.807) is 12.1 Å². The highest BCUT2D eigenvalue weighted by atomic mass is 19.1. The first-order valence-corrected chi connectivity index (χ1v) is 7.59. The third-order valence-electron chi connectivity index (χ3n) is 4.27. The maximum absolute atomic E-state index is 13.1. The Morgan fingerprint density at radius 2 is 2.14 bits per heavy atom. The van der Waals surface area contributed by atoms with E-state index >= 15 is 0 Å². The zero-order chi connectivity index (χ0) is 14.8. The molecule has 114 valence electrons. The second-order valence-electron chi connectivity index (χ2n) is 5.80. The summed E-state index contributed by atoms with van der Waals surface area (Å²) in [5.41, 5.74) is 0.918. The van der Waals surface area contributed by atoms with Crippen LogP contribution in [-0.2, 0) is 9.53 Å². The van der Waals surface area contributed by atoms with Gasteiger partial charge in [-0.2, -0.15) is 0 Å². The van der Waals surface area contributed by atoms with E-state index in [4.69, 9.17) is 4.74 Å². The van der Waals surface area contributed by atoms with Gasteiger partial charge >= 0.3 is 0 Å². The number of ether oxygens (including phenoxy) is 1. The van der Waals surface area contributed by atoms with Crippen LogP contribution in [0.3, 0.4) is 0 Å². The molecule has 3 rings (SSSR count). The van der Waals surface area contributed by atoms with Crippen LogP contribution in [0, 0.1) is 5.82 Å². The van der Waals surface area contributed by atoms with Gasteiger partial charge in [-0.25, -0.2) is 4.39 Å². The predicted molar refractivity (Wildman–Crippen MR) is 77.0 cm³/mol. The molecule has 0 radical (unpaired) electrons. The van der Waals surface area contributed by atoms with Crippen molar-refractivity contribution in [2.24, 2.45) is 0 Å². The standard InChI is InChI=1S/C16H21FN2O2/c1-11-16(20)19(9-8-14-3-2-10-21-14)15(18-11)12-4-6-13(17)7-5-12/h4-7,11,14-15,18H,2-3,8-10H2,1H3. The van der Waals surface area contributed by atoms with Crippen molar-refractivity contribution >= 4 is 5.91 Å². The molecular formula is C16H21FN2O2. The number of carbonyl (C=O) groups is 1. The Balaban J connectivity index is 1.71. The fourth-order valence-corrected chi connectivity index (χ4v) is 3.09. The normalized spacial score (nSPS) is 29.3. The monoisotopic (exact) mass is 292 g/mol. The predicted octanol–water partition coefficient (Wildman–Crippen LogP) is 2.21. The highest BCUT2D eigenvalue weighted by Crippen LogP contribution is 2.27. The molecule has 0 saturated carbocycles. The van der Waals surface area contributed by atoms with Crippen LogP contribution < -0.4 is 5.32 Å². The van der Waals surface area contributed by atoms with E-state index in [1.165, 1.54) is 12.1 Å². The van der Waals surface area contributed by atoms with Gasteiger partial charge in [0.15, 0.2) is 0 Å². The molecule has 4 nitrogen and oxygen atoms in total. The van der Waals surface area contributed by atoms with Gasteiger partial charge in [-0.3, -0.25) is 10.1 Å². The number of carbonyl (C=O) groups excluding carboxylic acids is 1. The van der Waals surface area contributed by atoms with Crippen molar-refractivity contribution in [3.05, 3.63) is 35.6 Å². The minimum absolute atomic E-state index is 0.0994. The van der Waals surface area contributed by atoms with Crippen molar-refractivity contribution in [2.75, 3.05) is 13.2 Å². The molecule has 3 atom stereocenters. The van der Waals surface area contributed by atoms with Crippen LogP contribution in [0.15, 0.2) is 24.3 Å². The Labute approximate surface area is 124 Å². The lowest BCUT2D eigenvalue weighted by atomic mass is 10.1. The number of benzene rings is 1. The summed E-state index contributed by atoms with van der Waals surface area (Å²) in [7, 11) is 0. The Kier molecular flexibility index (Phi) is 4.22. The number of amides is 1. The second-order valence-corrected chi connectivity index (χ2v) is 5.80. The molecule has 5 heteroatoms. The van der Waals surface area contributed by atoms with Gasteiger partial charge in [0.25, 0.3) is 0 Å². The van der Waals surface area contributed by atoms with Gasteiger partial charge in [0.05, 0.1) is 12.1 Å². The van der Waals surface area contributed by atoms with Gasteiger partial charge in [-0.05, 0) is 43.9 Å². The van der Waals surface area contributed by atoms with Crippen LogP contribution in [0.2, 0.25) is 0 Å². The highest BCUT2D eigenvalue weighted by molar-refractivity contribution is 5.84. The lowest BCUT2D eigenvalue weighted by Crippen LogP contribution is -2.33. The SMILES string of the molecule is CC1NC(c2ccc(F)cc2)N(CCC2CCCO2)C1=O. The quantitative estimate of drug-likeness (QED) is 0.925. The Morgan fingerprint density at radius 1 is 1.38 bits per heavy atom. The van der Waals surface area contributed by atoms with E-state index < -0.39 is 0 Å². The smallest absolute Gasteiger partial charge is 0.241 e. The average molecular weight is 292 g/mol. The summed E-state index contributed by atoms with van der Waals surface area (Å²) in [6.07, 6.45) is 3.13. The van der Waals surface area contributed by atoms with Crippen LogP contribution >= 0.6 is 0 Å². The van der Waals surface area contributed by atoms with E-state index in [0.717, 1.165) is 31.4 Å². The summed E-state index contributed by atoms with van der Waals surface area (Å²) in [6.45, 7) is 3.36. The van der Waals surface area contributed by atoms with Gasteiger partial charge in [0, 0.05) is 13.2 Å². The van der Waals surface area contributed by atoms with Crippen LogP contribution in [0.1, 0.15) is 37.9 Å². The molecule has 0 bridgehead atoms. The largest absolute Gasteiger partial charge is 0.378 e. The molecule has 2 saturated heterocycles. The molecule has 0 spiro atoms. The van der Waals surface area contributed by atoms with E-state index in [2.05, 4.69) is 5.32 Å². The van der Waals surface area contributed by atoms with Crippen LogP contribution in [0.5, 0.6) is 0 Å². The number of rotatable bonds is 4. The molecule has 2 aliphatic heterocycles. The van der Waals surface area contributed by atoms with Crippen molar-refractivity contribution < 1.29 is 13.9 Å². The number of hydrogen-bond acceptors (Lipinski definition) is 3. The van der Waals surface area contributed by atoms with Gasteiger partial charge < -0.3 is 9.64 Å². The van der Waals surface area contributed by atoms with Gasteiger partial charge in [-0.15, -0.1) is 0 Å². The van der Waals surface area contributed by atoms with Crippen LogP contribution in [0.4, 0.5) is 4.39 Å².